The first-order valence-electron chi connectivity index (χ1n) is 7.82. The number of anilines is 3. The Morgan fingerprint density at radius 1 is 1.18 bits per heavy atom. The molecule has 5 heteroatoms. The van der Waals surface area contributed by atoms with Crippen molar-refractivity contribution in [1.29, 1.82) is 0 Å². The fourth-order valence-electron chi connectivity index (χ4n) is 2.41. The second-order valence-corrected chi connectivity index (χ2v) is 5.38. The number of benzene rings is 1. The second-order valence-electron chi connectivity index (χ2n) is 5.38. The minimum absolute atomic E-state index is 0.240. The highest BCUT2D eigenvalue weighted by molar-refractivity contribution is 5.62. The molecular formula is C17H25N5. The van der Waals surface area contributed by atoms with E-state index in [4.69, 9.17) is 5.73 Å². The van der Waals surface area contributed by atoms with Crippen LogP contribution in [0.25, 0.3) is 0 Å². The average Bonchev–Trinajstić information content (AvgIpc) is 2.52. The van der Waals surface area contributed by atoms with E-state index in [2.05, 4.69) is 65.2 Å². The van der Waals surface area contributed by atoms with Crippen molar-refractivity contribution in [3.63, 3.8) is 0 Å². The molecule has 1 aromatic heterocycles. The minimum atomic E-state index is 0.240. The Labute approximate surface area is 132 Å². The van der Waals surface area contributed by atoms with Crippen LogP contribution in [0, 0.1) is 0 Å². The lowest BCUT2D eigenvalue weighted by molar-refractivity contribution is 0.777. The molecule has 0 aliphatic carbocycles. The molecule has 5 nitrogen and oxygen atoms in total. The van der Waals surface area contributed by atoms with E-state index in [0.717, 1.165) is 19.5 Å². The Bertz CT molecular complexity index is 581. The van der Waals surface area contributed by atoms with Gasteiger partial charge in [0.25, 0.3) is 0 Å². The average molecular weight is 299 g/mol. The molecule has 0 spiro atoms. The summed E-state index contributed by atoms with van der Waals surface area (Å²) < 4.78 is 0. The predicted molar refractivity (Wildman–Crippen MR) is 93.2 cm³/mol. The summed E-state index contributed by atoms with van der Waals surface area (Å²) in [6, 6.07) is 10.6. The Morgan fingerprint density at radius 3 is 2.50 bits per heavy atom. The van der Waals surface area contributed by atoms with Gasteiger partial charge in [-0.15, -0.1) is 0 Å². The summed E-state index contributed by atoms with van der Waals surface area (Å²) in [5.74, 6) is 1.42. The van der Waals surface area contributed by atoms with Crippen molar-refractivity contribution in [2.45, 2.75) is 33.2 Å². The van der Waals surface area contributed by atoms with Gasteiger partial charge in [-0.3, -0.25) is 0 Å². The number of nitrogens with zero attached hydrogens (tertiary/aromatic N) is 3. The zero-order chi connectivity index (χ0) is 15.9. The highest BCUT2D eigenvalue weighted by Gasteiger charge is 2.11. The second kappa shape index (κ2) is 7.64. The first-order valence-corrected chi connectivity index (χ1v) is 7.82. The summed E-state index contributed by atoms with van der Waals surface area (Å²) in [5.41, 5.74) is 7.88. The van der Waals surface area contributed by atoms with E-state index in [0.29, 0.717) is 17.5 Å². The van der Waals surface area contributed by atoms with Crippen LogP contribution in [-0.4, -0.2) is 29.1 Å². The van der Waals surface area contributed by atoms with Crippen LogP contribution in [0.1, 0.15) is 26.3 Å². The van der Waals surface area contributed by atoms with Crippen molar-refractivity contribution in [3.8, 4) is 0 Å². The standard InChI is InChI=1S/C17H25N5/c1-4-22(5-2)17-19-12-15(18)16(21-17)20-13(3)11-14-9-7-6-8-10-14/h6-10,12-13H,4-5,11,18H2,1-3H3,(H,19,20,21)/t13-/m1/s1. The first kappa shape index (κ1) is 16.1. The maximum Gasteiger partial charge on any atom is 0.227 e. The molecule has 0 bridgehead atoms. The number of hydrogen-bond donors (Lipinski definition) is 2. The molecule has 1 atom stereocenters. The summed E-state index contributed by atoms with van der Waals surface area (Å²) in [5, 5.41) is 3.40. The molecule has 2 aromatic rings. The van der Waals surface area contributed by atoms with Crippen LogP contribution < -0.4 is 16.0 Å². The molecule has 0 saturated heterocycles. The highest BCUT2D eigenvalue weighted by Crippen LogP contribution is 2.19. The third kappa shape index (κ3) is 4.10. The van der Waals surface area contributed by atoms with Gasteiger partial charge in [-0.1, -0.05) is 30.3 Å². The molecule has 2 rings (SSSR count). The van der Waals surface area contributed by atoms with E-state index in [-0.39, 0.29) is 6.04 Å². The molecule has 22 heavy (non-hydrogen) atoms. The predicted octanol–water partition coefficient (Wildman–Crippen LogP) is 2.95. The Hall–Kier alpha value is -2.30. The third-order valence-corrected chi connectivity index (χ3v) is 3.62. The summed E-state index contributed by atoms with van der Waals surface area (Å²) >= 11 is 0. The van der Waals surface area contributed by atoms with Crippen molar-refractivity contribution in [2.75, 3.05) is 29.0 Å². The summed E-state index contributed by atoms with van der Waals surface area (Å²) in [7, 11) is 0. The summed E-state index contributed by atoms with van der Waals surface area (Å²) in [6.07, 6.45) is 2.60. The van der Waals surface area contributed by atoms with Crippen molar-refractivity contribution in [1.82, 2.24) is 9.97 Å². The topological polar surface area (TPSA) is 67.1 Å². The van der Waals surface area contributed by atoms with Gasteiger partial charge >= 0.3 is 0 Å². The smallest absolute Gasteiger partial charge is 0.227 e. The van der Waals surface area contributed by atoms with Gasteiger partial charge < -0.3 is 16.0 Å². The van der Waals surface area contributed by atoms with Crippen LogP contribution in [0.5, 0.6) is 0 Å². The number of hydrogen-bond acceptors (Lipinski definition) is 5. The fourth-order valence-corrected chi connectivity index (χ4v) is 2.41. The lowest BCUT2D eigenvalue weighted by Gasteiger charge is -2.21. The number of nitrogens with one attached hydrogen (secondary N) is 1. The Morgan fingerprint density at radius 2 is 1.86 bits per heavy atom. The van der Waals surface area contributed by atoms with Crippen molar-refractivity contribution in [3.05, 3.63) is 42.1 Å². The SMILES string of the molecule is CCN(CC)c1ncc(N)c(N[C@H](C)Cc2ccccc2)n1. The van der Waals surface area contributed by atoms with Crippen molar-refractivity contribution < 1.29 is 0 Å². The van der Waals surface area contributed by atoms with Crippen LogP contribution in [0.4, 0.5) is 17.5 Å². The first-order chi connectivity index (χ1) is 10.6. The zero-order valence-electron chi connectivity index (χ0n) is 13.6. The molecule has 0 aliphatic heterocycles. The molecule has 1 aromatic carbocycles. The molecular weight excluding hydrogens is 274 g/mol. The minimum Gasteiger partial charge on any atom is -0.394 e. The zero-order valence-corrected chi connectivity index (χ0v) is 13.6. The van der Waals surface area contributed by atoms with Gasteiger partial charge in [0, 0.05) is 19.1 Å². The molecule has 0 aliphatic rings. The van der Waals surface area contributed by atoms with Crippen LogP contribution in [0.2, 0.25) is 0 Å². The van der Waals surface area contributed by atoms with Crippen LogP contribution in [0.3, 0.4) is 0 Å². The van der Waals surface area contributed by atoms with Crippen molar-refractivity contribution in [2.24, 2.45) is 0 Å². The normalized spacial score (nSPS) is 12.0. The van der Waals surface area contributed by atoms with Gasteiger partial charge in [0.1, 0.15) is 0 Å². The van der Waals surface area contributed by atoms with Crippen molar-refractivity contribution >= 4 is 17.5 Å². The summed E-state index contributed by atoms with van der Waals surface area (Å²) in [6.45, 7) is 8.06. The molecule has 1 heterocycles. The molecule has 0 amide bonds. The fraction of sp³-hybridized carbons (Fsp3) is 0.412. The number of aromatic nitrogens is 2. The van der Waals surface area contributed by atoms with E-state index in [9.17, 15) is 0 Å². The molecule has 0 unspecified atom stereocenters. The third-order valence-electron chi connectivity index (χ3n) is 3.62. The van der Waals surface area contributed by atoms with E-state index in [1.54, 1.807) is 6.20 Å². The molecule has 0 saturated carbocycles. The van der Waals surface area contributed by atoms with Gasteiger partial charge in [0.15, 0.2) is 5.82 Å². The molecule has 0 radical (unpaired) electrons. The largest absolute Gasteiger partial charge is 0.394 e. The van der Waals surface area contributed by atoms with E-state index in [1.165, 1.54) is 5.56 Å². The lowest BCUT2D eigenvalue weighted by Crippen LogP contribution is -2.26. The maximum absolute atomic E-state index is 6.01. The summed E-state index contributed by atoms with van der Waals surface area (Å²) in [4.78, 5) is 11.0. The van der Waals surface area contributed by atoms with Gasteiger partial charge in [-0.25, -0.2) is 4.98 Å². The van der Waals surface area contributed by atoms with Gasteiger partial charge in [-0.2, -0.15) is 4.98 Å². The van der Waals surface area contributed by atoms with Crippen LogP contribution >= 0.6 is 0 Å². The van der Waals surface area contributed by atoms with Crippen LogP contribution in [0.15, 0.2) is 36.5 Å². The number of nitrogens with two attached hydrogens (primary N) is 1. The van der Waals surface area contributed by atoms with E-state index >= 15 is 0 Å². The van der Waals surface area contributed by atoms with Gasteiger partial charge in [0.2, 0.25) is 5.95 Å². The van der Waals surface area contributed by atoms with E-state index in [1.807, 2.05) is 6.07 Å². The molecule has 3 N–H and O–H groups in total. The number of rotatable bonds is 7. The van der Waals surface area contributed by atoms with E-state index < -0.39 is 0 Å². The maximum atomic E-state index is 6.01. The highest BCUT2D eigenvalue weighted by atomic mass is 15.3. The monoisotopic (exact) mass is 299 g/mol. The molecule has 0 fully saturated rings. The number of nitrogen functional groups attached to an aromatic ring is 1. The van der Waals surface area contributed by atoms with Gasteiger partial charge in [0.05, 0.1) is 11.9 Å². The lowest BCUT2D eigenvalue weighted by atomic mass is 10.1. The molecule has 118 valence electrons. The Kier molecular flexibility index (Phi) is 5.58. The van der Waals surface area contributed by atoms with Gasteiger partial charge in [-0.05, 0) is 32.8 Å². The quantitative estimate of drug-likeness (QED) is 0.823. The van der Waals surface area contributed by atoms with Crippen LogP contribution in [-0.2, 0) is 6.42 Å². The Balaban J connectivity index is 2.09.